The zero-order chi connectivity index (χ0) is 18.5. The Balaban J connectivity index is 1.51. The van der Waals surface area contributed by atoms with E-state index in [1.54, 1.807) is 36.6 Å². The van der Waals surface area contributed by atoms with Crippen LogP contribution in [0.3, 0.4) is 0 Å². The van der Waals surface area contributed by atoms with Crippen molar-refractivity contribution in [2.24, 2.45) is 0 Å². The highest BCUT2D eigenvalue weighted by atomic mass is 32.1. The average Bonchev–Trinajstić information content (AvgIpc) is 3.28. The Morgan fingerprint density at radius 1 is 1.31 bits per heavy atom. The first kappa shape index (κ1) is 17.8. The minimum Gasteiger partial charge on any atom is -0.459 e. The summed E-state index contributed by atoms with van der Waals surface area (Å²) in [4.78, 5) is 28.1. The van der Waals surface area contributed by atoms with Crippen LogP contribution in [-0.2, 0) is 17.8 Å². The van der Waals surface area contributed by atoms with E-state index in [2.05, 4.69) is 15.6 Å². The lowest BCUT2D eigenvalue weighted by Gasteiger charge is -2.05. The standard InChI is InChI=1S/C18H16FN3O3S/c1-11-4-5-12(7-14(11)19)9-20-16(23)8-13-10-26-18(21-13)22-17(24)15-3-2-6-25-15/h2-7,10H,8-9H2,1H3,(H,20,23)(H,21,22,24). The van der Waals surface area contributed by atoms with E-state index in [4.69, 9.17) is 4.42 Å². The molecule has 26 heavy (non-hydrogen) atoms. The highest BCUT2D eigenvalue weighted by Crippen LogP contribution is 2.17. The van der Waals surface area contributed by atoms with Gasteiger partial charge in [-0.15, -0.1) is 11.3 Å². The molecular weight excluding hydrogens is 357 g/mol. The van der Waals surface area contributed by atoms with Crippen molar-refractivity contribution < 1.29 is 18.4 Å². The fraction of sp³-hybridized carbons (Fsp3) is 0.167. The molecule has 2 aromatic heterocycles. The Labute approximate surface area is 153 Å². The van der Waals surface area contributed by atoms with Crippen molar-refractivity contribution in [3.63, 3.8) is 0 Å². The molecule has 3 rings (SSSR count). The number of thiazole rings is 1. The number of nitrogens with zero attached hydrogens (tertiary/aromatic N) is 1. The molecule has 2 heterocycles. The molecule has 0 aliphatic rings. The third kappa shape index (κ3) is 4.54. The predicted octanol–water partition coefficient (Wildman–Crippen LogP) is 3.29. The van der Waals surface area contributed by atoms with Gasteiger partial charge < -0.3 is 9.73 Å². The van der Waals surface area contributed by atoms with Crippen molar-refractivity contribution in [1.82, 2.24) is 10.3 Å². The lowest BCUT2D eigenvalue weighted by Crippen LogP contribution is -2.24. The number of amides is 2. The van der Waals surface area contributed by atoms with Crippen LogP contribution >= 0.6 is 11.3 Å². The molecule has 0 aliphatic heterocycles. The summed E-state index contributed by atoms with van der Waals surface area (Å²) in [5.41, 5.74) is 1.79. The number of benzene rings is 1. The van der Waals surface area contributed by atoms with Crippen LogP contribution in [0.1, 0.15) is 27.4 Å². The topological polar surface area (TPSA) is 84.2 Å². The van der Waals surface area contributed by atoms with E-state index < -0.39 is 5.91 Å². The van der Waals surface area contributed by atoms with Gasteiger partial charge in [-0.05, 0) is 36.2 Å². The molecule has 0 unspecified atom stereocenters. The van der Waals surface area contributed by atoms with Gasteiger partial charge in [-0.1, -0.05) is 12.1 Å². The Hall–Kier alpha value is -3.00. The number of aryl methyl sites for hydroxylation is 1. The monoisotopic (exact) mass is 373 g/mol. The predicted molar refractivity (Wildman–Crippen MR) is 95.5 cm³/mol. The highest BCUT2D eigenvalue weighted by molar-refractivity contribution is 7.14. The SMILES string of the molecule is Cc1ccc(CNC(=O)Cc2csc(NC(=O)c3ccco3)n2)cc1F. The molecule has 0 saturated heterocycles. The Kier molecular flexibility index (Phi) is 5.43. The molecule has 0 saturated carbocycles. The van der Waals surface area contributed by atoms with Gasteiger partial charge in [-0.2, -0.15) is 0 Å². The summed E-state index contributed by atoms with van der Waals surface area (Å²) < 4.78 is 18.5. The van der Waals surface area contributed by atoms with Gasteiger partial charge in [0.2, 0.25) is 5.91 Å². The zero-order valence-corrected chi connectivity index (χ0v) is 14.7. The first-order valence-electron chi connectivity index (χ1n) is 7.82. The van der Waals surface area contributed by atoms with Crippen LogP contribution in [0.4, 0.5) is 9.52 Å². The number of nitrogens with one attached hydrogen (secondary N) is 2. The molecule has 8 heteroatoms. The van der Waals surface area contributed by atoms with Gasteiger partial charge in [0.1, 0.15) is 5.82 Å². The summed E-state index contributed by atoms with van der Waals surface area (Å²) in [5.74, 6) is -0.750. The normalized spacial score (nSPS) is 10.5. The molecule has 2 N–H and O–H groups in total. The van der Waals surface area contributed by atoms with Gasteiger partial charge in [0.15, 0.2) is 10.9 Å². The van der Waals surface area contributed by atoms with Gasteiger partial charge in [0, 0.05) is 11.9 Å². The zero-order valence-electron chi connectivity index (χ0n) is 13.9. The van der Waals surface area contributed by atoms with Crippen LogP contribution in [0.2, 0.25) is 0 Å². The first-order chi connectivity index (χ1) is 12.5. The highest BCUT2D eigenvalue weighted by Gasteiger charge is 2.13. The number of carbonyl (C=O) groups excluding carboxylic acids is 2. The van der Waals surface area contributed by atoms with E-state index >= 15 is 0 Å². The summed E-state index contributed by atoms with van der Waals surface area (Å²) >= 11 is 1.22. The van der Waals surface area contributed by atoms with E-state index in [9.17, 15) is 14.0 Å². The van der Waals surface area contributed by atoms with E-state index in [0.717, 1.165) is 0 Å². The molecular formula is C18H16FN3O3S. The number of aromatic nitrogens is 1. The molecule has 0 bridgehead atoms. The maximum Gasteiger partial charge on any atom is 0.293 e. The lowest BCUT2D eigenvalue weighted by molar-refractivity contribution is -0.120. The summed E-state index contributed by atoms with van der Waals surface area (Å²) in [6.07, 6.45) is 1.48. The fourth-order valence-corrected chi connectivity index (χ4v) is 2.89. The third-order valence-corrected chi connectivity index (χ3v) is 4.39. The lowest BCUT2D eigenvalue weighted by atomic mass is 10.1. The van der Waals surface area contributed by atoms with Crippen molar-refractivity contribution in [2.75, 3.05) is 5.32 Å². The second-order valence-electron chi connectivity index (χ2n) is 5.61. The van der Waals surface area contributed by atoms with Gasteiger partial charge in [-0.25, -0.2) is 9.37 Å². The largest absolute Gasteiger partial charge is 0.459 e. The van der Waals surface area contributed by atoms with Crippen LogP contribution in [0.15, 0.2) is 46.4 Å². The van der Waals surface area contributed by atoms with Crippen LogP contribution in [0.25, 0.3) is 0 Å². The number of rotatable bonds is 6. The summed E-state index contributed by atoms with van der Waals surface area (Å²) in [5, 5.41) is 7.41. The van der Waals surface area contributed by atoms with E-state index in [1.807, 2.05) is 0 Å². The molecule has 0 atom stereocenters. The van der Waals surface area contributed by atoms with Crippen molar-refractivity contribution in [2.45, 2.75) is 19.9 Å². The molecule has 3 aromatic rings. The van der Waals surface area contributed by atoms with Crippen LogP contribution in [0, 0.1) is 12.7 Å². The Morgan fingerprint density at radius 3 is 2.88 bits per heavy atom. The van der Waals surface area contributed by atoms with Gasteiger partial charge in [-0.3, -0.25) is 14.9 Å². The van der Waals surface area contributed by atoms with Crippen molar-refractivity contribution in [3.05, 3.63) is 70.4 Å². The first-order valence-corrected chi connectivity index (χ1v) is 8.70. The maximum absolute atomic E-state index is 13.5. The second kappa shape index (κ2) is 7.92. The molecule has 0 spiro atoms. The maximum atomic E-state index is 13.5. The van der Waals surface area contributed by atoms with Crippen LogP contribution < -0.4 is 10.6 Å². The minimum atomic E-state index is -0.401. The number of hydrogen-bond acceptors (Lipinski definition) is 5. The van der Waals surface area contributed by atoms with Crippen molar-refractivity contribution in [1.29, 1.82) is 0 Å². The van der Waals surface area contributed by atoms with E-state index in [-0.39, 0.29) is 30.5 Å². The average molecular weight is 373 g/mol. The Morgan fingerprint density at radius 2 is 2.15 bits per heavy atom. The molecule has 6 nitrogen and oxygen atoms in total. The van der Waals surface area contributed by atoms with Gasteiger partial charge in [0.25, 0.3) is 5.91 Å². The molecule has 0 radical (unpaired) electrons. The van der Waals surface area contributed by atoms with E-state index in [0.29, 0.717) is 22.0 Å². The number of carbonyl (C=O) groups is 2. The quantitative estimate of drug-likeness (QED) is 0.694. The molecule has 0 aliphatic carbocycles. The minimum absolute atomic E-state index is 0.0709. The fourth-order valence-electron chi connectivity index (χ4n) is 2.19. The second-order valence-corrected chi connectivity index (χ2v) is 6.47. The molecule has 2 amide bonds. The number of anilines is 1. The van der Waals surface area contributed by atoms with Crippen molar-refractivity contribution >= 4 is 28.3 Å². The number of hydrogen-bond donors (Lipinski definition) is 2. The number of halogens is 1. The van der Waals surface area contributed by atoms with Crippen LogP contribution in [0.5, 0.6) is 0 Å². The van der Waals surface area contributed by atoms with Crippen molar-refractivity contribution in [3.8, 4) is 0 Å². The smallest absolute Gasteiger partial charge is 0.293 e. The third-order valence-electron chi connectivity index (χ3n) is 3.58. The summed E-state index contributed by atoms with van der Waals surface area (Å²) in [7, 11) is 0. The van der Waals surface area contributed by atoms with Gasteiger partial charge in [0.05, 0.1) is 18.4 Å². The number of furan rings is 1. The molecule has 0 fully saturated rings. The van der Waals surface area contributed by atoms with E-state index in [1.165, 1.54) is 23.7 Å². The molecule has 1 aromatic carbocycles. The molecule has 134 valence electrons. The summed E-state index contributed by atoms with van der Waals surface area (Å²) in [6.45, 7) is 1.92. The van der Waals surface area contributed by atoms with Crippen LogP contribution in [-0.4, -0.2) is 16.8 Å². The Bertz CT molecular complexity index is 922. The summed E-state index contributed by atoms with van der Waals surface area (Å²) in [6, 6.07) is 8.01. The van der Waals surface area contributed by atoms with Gasteiger partial charge >= 0.3 is 0 Å².